The van der Waals surface area contributed by atoms with Crippen molar-refractivity contribution < 1.29 is 4.42 Å². The van der Waals surface area contributed by atoms with E-state index in [0.717, 1.165) is 72.1 Å². The minimum Gasteiger partial charge on any atom is -0.455 e. The van der Waals surface area contributed by atoms with Gasteiger partial charge in [-0.15, -0.1) is 0 Å². The van der Waals surface area contributed by atoms with Gasteiger partial charge in [-0.2, -0.15) is 0 Å². The normalized spacial score (nSPS) is 11.9. The van der Waals surface area contributed by atoms with Gasteiger partial charge in [-0.05, 0) is 108 Å². The van der Waals surface area contributed by atoms with E-state index in [0.29, 0.717) is 17.5 Å². The van der Waals surface area contributed by atoms with E-state index in [2.05, 4.69) is 217 Å². The second kappa shape index (κ2) is 15.9. The SMILES string of the molecule is c1ccc(-c2nc(-c3cccc(-c4ccc5c6ccccc6c6ccccc6c5c4)c3)nc(-c3ccc4c(c3)oc3c(-c5ccc6c7c8ccccc8ccc7n(-c7ccccc7)c6c5)cccc34)n2)cc1. The van der Waals surface area contributed by atoms with Gasteiger partial charge in [0.15, 0.2) is 17.5 Å². The summed E-state index contributed by atoms with van der Waals surface area (Å²) in [5.74, 6) is 1.78. The van der Waals surface area contributed by atoms with Gasteiger partial charge in [-0.25, -0.2) is 15.0 Å². The monoisotopic (exact) mass is 916 g/mol. The Morgan fingerprint density at radius 2 is 0.819 bits per heavy atom. The van der Waals surface area contributed by atoms with Crippen LogP contribution in [0.5, 0.6) is 0 Å². The van der Waals surface area contributed by atoms with Crippen LogP contribution >= 0.6 is 0 Å². The highest BCUT2D eigenvalue weighted by Gasteiger charge is 2.20. The summed E-state index contributed by atoms with van der Waals surface area (Å²) in [7, 11) is 0. The average Bonchev–Trinajstić information content (AvgIpc) is 4.01. The van der Waals surface area contributed by atoms with Gasteiger partial charge in [-0.3, -0.25) is 0 Å². The quantitative estimate of drug-likeness (QED) is 0.156. The number of para-hydroxylation sites is 2. The van der Waals surface area contributed by atoms with Crippen molar-refractivity contribution in [2.45, 2.75) is 0 Å². The molecule has 0 atom stereocenters. The molecule has 5 nitrogen and oxygen atoms in total. The van der Waals surface area contributed by atoms with E-state index < -0.39 is 0 Å². The molecule has 72 heavy (non-hydrogen) atoms. The maximum Gasteiger partial charge on any atom is 0.164 e. The third-order valence-corrected chi connectivity index (χ3v) is 14.6. The molecule has 0 spiro atoms. The number of hydrogen-bond acceptors (Lipinski definition) is 4. The molecule has 15 aromatic rings. The number of nitrogens with zero attached hydrogens (tertiary/aromatic N) is 4. The topological polar surface area (TPSA) is 56.7 Å². The smallest absolute Gasteiger partial charge is 0.164 e. The summed E-state index contributed by atoms with van der Waals surface area (Å²) in [5, 5.41) is 14.5. The lowest BCUT2D eigenvalue weighted by atomic mass is 9.92. The first-order valence-electron chi connectivity index (χ1n) is 24.4. The van der Waals surface area contributed by atoms with Gasteiger partial charge in [0.25, 0.3) is 0 Å². The zero-order chi connectivity index (χ0) is 47.3. The third kappa shape index (κ3) is 6.31. The first-order chi connectivity index (χ1) is 35.7. The number of furan rings is 1. The fourth-order valence-electron chi connectivity index (χ4n) is 11.3. The molecule has 0 aliphatic rings. The van der Waals surface area contributed by atoms with Gasteiger partial charge in [0.05, 0.1) is 11.0 Å². The Balaban J connectivity index is 0.851. The van der Waals surface area contributed by atoms with Crippen molar-refractivity contribution in [1.82, 2.24) is 19.5 Å². The van der Waals surface area contributed by atoms with Gasteiger partial charge in [0.1, 0.15) is 11.2 Å². The summed E-state index contributed by atoms with van der Waals surface area (Å²) < 4.78 is 9.33. The molecule has 5 heteroatoms. The van der Waals surface area contributed by atoms with Gasteiger partial charge in [0.2, 0.25) is 0 Å². The van der Waals surface area contributed by atoms with E-state index in [9.17, 15) is 0 Å². The van der Waals surface area contributed by atoms with Crippen molar-refractivity contribution >= 4 is 86.8 Å². The van der Waals surface area contributed by atoms with Crippen LogP contribution in [0, 0.1) is 0 Å². The highest BCUT2D eigenvalue weighted by molar-refractivity contribution is 6.26. The second-order valence-electron chi connectivity index (χ2n) is 18.7. The molecule has 0 radical (unpaired) electrons. The van der Waals surface area contributed by atoms with Crippen molar-refractivity contribution in [3.8, 4) is 62.1 Å². The highest BCUT2D eigenvalue weighted by Crippen LogP contribution is 2.43. The molecule has 3 aromatic heterocycles. The minimum absolute atomic E-state index is 0.572. The summed E-state index contributed by atoms with van der Waals surface area (Å²) in [4.78, 5) is 15.5. The van der Waals surface area contributed by atoms with Crippen molar-refractivity contribution in [3.63, 3.8) is 0 Å². The number of aromatic nitrogens is 4. The third-order valence-electron chi connectivity index (χ3n) is 14.6. The molecule has 0 bridgehead atoms. The largest absolute Gasteiger partial charge is 0.455 e. The number of benzene rings is 12. The molecule has 0 unspecified atom stereocenters. The van der Waals surface area contributed by atoms with Crippen LogP contribution in [-0.2, 0) is 0 Å². The fourth-order valence-corrected chi connectivity index (χ4v) is 11.3. The predicted octanol–water partition coefficient (Wildman–Crippen LogP) is 17.8. The Morgan fingerprint density at radius 1 is 0.292 bits per heavy atom. The summed E-state index contributed by atoms with van der Waals surface area (Å²) >= 11 is 0. The molecular formula is C67H40N4O. The van der Waals surface area contributed by atoms with Crippen LogP contribution in [0.15, 0.2) is 247 Å². The maximum atomic E-state index is 6.94. The Labute approximate surface area is 413 Å². The molecule has 3 heterocycles. The highest BCUT2D eigenvalue weighted by atomic mass is 16.3. The lowest BCUT2D eigenvalue weighted by Gasteiger charge is -2.13. The van der Waals surface area contributed by atoms with Crippen molar-refractivity contribution in [2.75, 3.05) is 0 Å². The molecule has 0 aliphatic heterocycles. The minimum atomic E-state index is 0.572. The molecule has 0 saturated carbocycles. The van der Waals surface area contributed by atoms with E-state index in [4.69, 9.17) is 19.4 Å². The standard InChI is InChI=1S/C67H40N4O/c1-3-16-42(17-4-1)65-68-66(46-19-13-18-43(37-46)44-29-33-55-53-25-10-9-23-51(53)52-24-11-12-26-54(52)59(55)38-44)70-67(69-65)47-31-34-56-57-28-14-27-50(64(57)72-62(56)40-47)45-30-35-58-61(39-45)71(48-20-5-2-6-21-48)60-36-32-41-15-7-8-22-49(41)63(58)60/h1-40H. The lowest BCUT2D eigenvalue weighted by molar-refractivity contribution is 0.670. The molecule has 0 aliphatic carbocycles. The van der Waals surface area contributed by atoms with Gasteiger partial charge >= 0.3 is 0 Å². The van der Waals surface area contributed by atoms with E-state index in [1.54, 1.807) is 0 Å². The summed E-state index contributed by atoms with van der Waals surface area (Å²) in [6.07, 6.45) is 0. The Morgan fingerprint density at radius 3 is 1.58 bits per heavy atom. The molecule has 0 fully saturated rings. The first kappa shape index (κ1) is 40.2. The molecule has 0 saturated heterocycles. The molecule has 15 rings (SSSR count). The second-order valence-corrected chi connectivity index (χ2v) is 18.7. The molecule has 334 valence electrons. The number of hydrogen-bond donors (Lipinski definition) is 0. The van der Waals surface area contributed by atoms with Crippen LogP contribution in [0.4, 0.5) is 0 Å². The van der Waals surface area contributed by atoms with Crippen molar-refractivity contribution in [2.24, 2.45) is 0 Å². The van der Waals surface area contributed by atoms with Crippen LogP contribution < -0.4 is 0 Å². The average molecular weight is 917 g/mol. The van der Waals surface area contributed by atoms with Crippen LogP contribution in [0.1, 0.15) is 0 Å². The van der Waals surface area contributed by atoms with E-state index in [-0.39, 0.29) is 0 Å². The van der Waals surface area contributed by atoms with Gasteiger partial charge in [-0.1, -0.05) is 194 Å². The predicted molar refractivity (Wildman–Crippen MR) is 299 cm³/mol. The van der Waals surface area contributed by atoms with Crippen LogP contribution in [0.2, 0.25) is 0 Å². The number of fused-ring (bicyclic) bond motifs is 14. The molecule has 0 N–H and O–H groups in total. The Kier molecular flexibility index (Phi) is 8.89. The Hall–Kier alpha value is -9.71. The van der Waals surface area contributed by atoms with Crippen LogP contribution in [0.25, 0.3) is 149 Å². The van der Waals surface area contributed by atoms with Gasteiger partial charge in [0, 0.05) is 49.5 Å². The zero-order valence-electron chi connectivity index (χ0n) is 38.8. The van der Waals surface area contributed by atoms with Crippen LogP contribution in [-0.4, -0.2) is 19.5 Å². The molecule has 12 aromatic carbocycles. The van der Waals surface area contributed by atoms with E-state index >= 15 is 0 Å². The van der Waals surface area contributed by atoms with E-state index in [1.807, 2.05) is 30.3 Å². The lowest BCUT2D eigenvalue weighted by Crippen LogP contribution is -2.00. The summed E-state index contributed by atoms with van der Waals surface area (Å²) in [6.45, 7) is 0. The summed E-state index contributed by atoms with van der Waals surface area (Å²) in [6, 6.07) is 86.3. The first-order valence-corrected chi connectivity index (χ1v) is 24.4. The molecular weight excluding hydrogens is 877 g/mol. The fraction of sp³-hybridized carbons (Fsp3) is 0. The van der Waals surface area contributed by atoms with Crippen molar-refractivity contribution in [3.05, 3.63) is 243 Å². The van der Waals surface area contributed by atoms with E-state index in [1.165, 1.54) is 59.4 Å². The Bertz CT molecular complexity index is 4650. The number of rotatable bonds is 6. The zero-order valence-corrected chi connectivity index (χ0v) is 38.8. The summed E-state index contributed by atoms with van der Waals surface area (Å²) in [5.41, 5.74) is 12.0. The maximum absolute atomic E-state index is 6.94. The van der Waals surface area contributed by atoms with Crippen molar-refractivity contribution in [1.29, 1.82) is 0 Å². The molecule has 0 amide bonds. The van der Waals surface area contributed by atoms with Gasteiger partial charge < -0.3 is 8.98 Å². The van der Waals surface area contributed by atoms with Crippen LogP contribution in [0.3, 0.4) is 0 Å².